The van der Waals surface area contributed by atoms with Crippen molar-refractivity contribution >= 4 is 5.91 Å². The van der Waals surface area contributed by atoms with E-state index in [4.69, 9.17) is 9.47 Å². The van der Waals surface area contributed by atoms with Gasteiger partial charge in [-0.25, -0.2) is 8.78 Å². The Morgan fingerprint density at radius 1 is 1.24 bits per heavy atom. The Hall–Kier alpha value is -2.67. The second-order valence-corrected chi connectivity index (χ2v) is 9.72. The maximum atomic E-state index is 14.0. The molecule has 0 bridgehead atoms. The van der Waals surface area contributed by atoms with E-state index in [1.54, 1.807) is 12.0 Å². The molecule has 2 saturated heterocycles. The second kappa shape index (κ2) is 9.53. The molecule has 0 radical (unpaired) electrons. The lowest BCUT2D eigenvalue weighted by Gasteiger charge is -2.45. The Morgan fingerprint density at radius 2 is 2.06 bits per heavy atom. The minimum absolute atomic E-state index is 0.0159. The van der Waals surface area contributed by atoms with Crippen LogP contribution in [0, 0.1) is 5.92 Å². The Morgan fingerprint density at radius 3 is 2.82 bits per heavy atom. The van der Waals surface area contributed by atoms with Gasteiger partial charge in [0.1, 0.15) is 0 Å². The summed E-state index contributed by atoms with van der Waals surface area (Å²) in [6.45, 7) is 2.20. The van der Waals surface area contributed by atoms with Gasteiger partial charge in [0.15, 0.2) is 11.5 Å². The van der Waals surface area contributed by atoms with Gasteiger partial charge in [-0.1, -0.05) is 42.5 Å². The predicted molar refractivity (Wildman–Crippen MR) is 126 cm³/mol. The van der Waals surface area contributed by atoms with E-state index >= 15 is 0 Å². The lowest BCUT2D eigenvalue weighted by Crippen LogP contribution is -2.53. The Bertz CT molecular complexity index is 1020. The molecule has 3 aliphatic rings. The van der Waals surface area contributed by atoms with Gasteiger partial charge in [-0.2, -0.15) is 0 Å². The molecule has 1 N–H and O–H groups in total. The summed E-state index contributed by atoms with van der Waals surface area (Å²) < 4.78 is 38.7. The fourth-order valence-electron chi connectivity index (χ4n) is 6.31. The van der Waals surface area contributed by atoms with Crippen LogP contribution in [-0.4, -0.2) is 56.6 Å². The van der Waals surface area contributed by atoms with Crippen LogP contribution < -0.4 is 14.8 Å². The van der Waals surface area contributed by atoms with Crippen LogP contribution in [0.15, 0.2) is 48.5 Å². The van der Waals surface area contributed by atoms with E-state index in [1.807, 2.05) is 36.4 Å². The average Bonchev–Trinajstić information content (AvgIpc) is 3.27. The van der Waals surface area contributed by atoms with Crippen molar-refractivity contribution in [3.8, 4) is 11.5 Å². The zero-order valence-corrected chi connectivity index (χ0v) is 19.5. The predicted octanol–water partition coefficient (Wildman–Crippen LogP) is 4.36. The molecule has 2 aromatic rings. The normalized spacial score (nSPS) is 28.6. The highest BCUT2D eigenvalue weighted by Crippen LogP contribution is 2.50. The highest BCUT2D eigenvalue weighted by molar-refractivity contribution is 5.82. The number of benzene rings is 2. The summed E-state index contributed by atoms with van der Waals surface area (Å²) in [7, 11) is 1.61. The largest absolute Gasteiger partial charge is 0.493 e. The molecule has 7 heteroatoms. The summed E-state index contributed by atoms with van der Waals surface area (Å²) in [5.41, 5.74) is 1.72. The van der Waals surface area contributed by atoms with Crippen LogP contribution in [0.1, 0.15) is 42.7 Å². The number of ether oxygens (including phenoxy) is 2. The van der Waals surface area contributed by atoms with Crippen molar-refractivity contribution < 1.29 is 23.0 Å². The van der Waals surface area contributed by atoms with Crippen molar-refractivity contribution in [2.75, 3.05) is 33.4 Å². The first-order chi connectivity index (χ1) is 16.5. The average molecular weight is 471 g/mol. The maximum Gasteiger partial charge on any atom is 0.240 e. The van der Waals surface area contributed by atoms with Gasteiger partial charge in [0.25, 0.3) is 0 Å². The third kappa shape index (κ3) is 4.04. The number of likely N-dealkylation sites (tertiary alicyclic amines) is 1. The number of carbonyl (C=O) groups is 1. The molecule has 3 heterocycles. The quantitative estimate of drug-likeness (QED) is 0.705. The van der Waals surface area contributed by atoms with Gasteiger partial charge in [-0.3, -0.25) is 4.79 Å². The number of rotatable bonds is 5. The number of piperidine rings is 1. The van der Waals surface area contributed by atoms with Gasteiger partial charge in [0, 0.05) is 43.1 Å². The Balaban J connectivity index is 1.43. The van der Waals surface area contributed by atoms with Crippen LogP contribution in [0.2, 0.25) is 0 Å². The highest BCUT2D eigenvalue weighted by atomic mass is 19.3. The summed E-state index contributed by atoms with van der Waals surface area (Å²) in [5.74, 6) is 1.21. The number of carbonyl (C=O) groups excluding carboxylic acids is 1. The number of nitrogens with one attached hydrogen (secondary N) is 1. The van der Waals surface area contributed by atoms with Crippen molar-refractivity contribution in [2.24, 2.45) is 5.92 Å². The minimum atomic E-state index is -2.45. The number of para-hydroxylation sites is 1. The fraction of sp³-hybridized carbons (Fsp3) is 0.519. The molecule has 182 valence electrons. The lowest BCUT2D eigenvalue weighted by molar-refractivity contribution is -0.142. The molecule has 2 unspecified atom stereocenters. The summed E-state index contributed by atoms with van der Waals surface area (Å²) >= 11 is 0. The first-order valence-corrected chi connectivity index (χ1v) is 12.2. The molecule has 0 aliphatic carbocycles. The first-order valence-electron chi connectivity index (χ1n) is 12.2. The number of amides is 1. The number of fused-ring (bicyclic) bond motifs is 2. The van der Waals surface area contributed by atoms with Crippen molar-refractivity contribution in [3.05, 3.63) is 59.7 Å². The van der Waals surface area contributed by atoms with E-state index in [0.717, 1.165) is 12.0 Å². The topological polar surface area (TPSA) is 50.8 Å². The van der Waals surface area contributed by atoms with Crippen molar-refractivity contribution in [1.29, 1.82) is 0 Å². The Labute approximate surface area is 199 Å². The van der Waals surface area contributed by atoms with Gasteiger partial charge < -0.3 is 19.7 Å². The number of hydrogen-bond acceptors (Lipinski definition) is 4. The maximum absolute atomic E-state index is 14.0. The molecular weight excluding hydrogens is 438 g/mol. The SMILES string of the molecule is COc1cccc2c1OCC[C@]21CNC[C@H]1C(=O)N1CCC(c2ccccc2)CC1CC(F)F. The zero-order valence-electron chi connectivity index (χ0n) is 19.5. The molecule has 1 amide bonds. The number of nitrogens with zero attached hydrogens (tertiary/aromatic N) is 1. The molecule has 4 atom stereocenters. The van der Waals surface area contributed by atoms with E-state index in [-0.39, 0.29) is 24.2 Å². The third-order valence-electron chi connectivity index (χ3n) is 8.00. The number of alkyl halides is 2. The molecule has 0 saturated carbocycles. The summed E-state index contributed by atoms with van der Waals surface area (Å²) in [6.07, 6.45) is -0.665. The highest BCUT2D eigenvalue weighted by Gasteiger charge is 2.53. The molecule has 2 fully saturated rings. The molecule has 0 aromatic heterocycles. The van der Waals surface area contributed by atoms with Gasteiger partial charge in [0.05, 0.1) is 19.6 Å². The van der Waals surface area contributed by atoms with Gasteiger partial charge in [-0.05, 0) is 36.8 Å². The lowest BCUT2D eigenvalue weighted by atomic mass is 9.68. The van der Waals surface area contributed by atoms with Crippen molar-refractivity contribution in [1.82, 2.24) is 10.2 Å². The molecule has 1 spiro atoms. The summed E-state index contributed by atoms with van der Waals surface area (Å²) in [4.78, 5) is 15.8. The molecule has 5 nitrogen and oxygen atoms in total. The summed E-state index contributed by atoms with van der Waals surface area (Å²) in [5, 5.41) is 3.43. The van der Waals surface area contributed by atoms with Crippen LogP contribution in [0.25, 0.3) is 0 Å². The van der Waals surface area contributed by atoms with E-state index in [1.165, 1.54) is 5.56 Å². The second-order valence-electron chi connectivity index (χ2n) is 9.72. The monoisotopic (exact) mass is 470 g/mol. The molecule has 2 aromatic carbocycles. The van der Waals surface area contributed by atoms with Crippen molar-refractivity contribution in [3.63, 3.8) is 0 Å². The van der Waals surface area contributed by atoms with Crippen LogP contribution in [0.5, 0.6) is 11.5 Å². The van der Waals surface area contributed by atoms with E-state index in [0.29, 0.717) is 50.6 Å². The minimum Gasteiger partial charge on any atom is -0.493 e. The number of methoxy groups -OCH3 is 1. The third-order valence-corrected chi connectivity index (χ3v) is 8.00. The van der Waals surface area contributed by atoms with Crippen LogP contribution in [0.4, 0.5) is 8.78 Å². The van der Waals surface area contributed by atoms with E-state index < -0.39 is 17.9 Å². The van der Waals surface area contributed by atoms with E-state index in [9.17, 15) is 13.6 Å². The van der Waals surface area contributed by atoms with E-state index in [2.05, 4.69) is 17.4 Å². The van der Waals surface area contributed by atoms with Crippen LogP contribution in [0.3, 0.4) is 0 Å². The first kappa shape index (κ1) is 23.1. The van der Waals surface area contributed by atoms with Gasteiger partial charge in [0.2, 0.25) is 12.3 Å². The molecule has 3 aliphatic heterocycles. The Kier molecular flexibility index (Phi) is 6.47. The van der Waals surface area contributed by atoms with Gasteiger partial charge in [-0.15, -0.1) is 0 Å². The fourth-order valence-corrected chi connectivity index (χ4v) is 6.31. The smallest absolute Gasteiger partial charge is 0.240 e. The van der Waals surface area contributed by atoms with Crippen molar-refractivity contribution in [2.45, 2.75) is 49.5 Å². The zero-order chi connectivity index (χ0) is 23.7. The number of hydrogen-bond donors (Lipinski definition) is 1. The molecule has 5 rings (SSSR count). The molecular formula is C27H32F2N2O3. The van der Waals surface area contributed by atoms with Crippen LogP contribution >= 0.6 is 0 Å². The number of halogens is 2. The molecule has 34 heavy (non-hydrogen) atoms. The van der Waals surface area contributed by atoms with Crippen LogP contribution in [-0.2, 0) is 10.2 Å². The summed E-state index contributed by atoms with van der Waals surface area (Å²) in [6, 6.07) is 15.4. The standard InChI is InChI=1S/C27H32F2N2O3/c1-33-23-9-5-8-21-25(23)34-13-11-27(21)17-30-16-22(27)26(32)31-12-10-19(14-20(31)15-24(28)29)18-6-3-2-4-7-18/h2-9,19-20,22,24,30H,10-17H2,1H3/t19?,20?,22-,27-/m0/s1. The van der Waals surface area contributed by atoms with Gasteiger partial charge >= 0.3 is 0 Å².